The van der Waals surface area contributed by atoms with Crippen molar-refractivity contribution >= 4 is 23.2 Å². The van der Waals surface area contributed by atoms with Gasteiger partial charge in [0.1, 0.15) is 11.5 Å². The third-order valence-electron chi connectivity index (χ3n) is 3.56. The second-order valence-corrected chi connectivity index (χ2v) is 6.70. The molecule has 1 unspecified atom stereocenters. The molecule has 25 heavy (non-hydrogen) atoms. The molecule has 5 heteroatoms. The van der Waals surface area contributed by atoms with Crippen molar-refractivity contribution in [2.24, 2.45) is 5.92 Å². The molecule has 0 aromatic heterocycles. The predicted molar refractivity (Wildman–Crippen MR) is 102 cm³/mol. The maximum Gasteiger partial charge on any atom is 0.265 e. The SMILES string of the molecule is CC(C)CCOc1cccc(NC(=O)C(C)Oc2ccc(Cl)cc2)c1. The molecule has 1 N–H and O–H groups in total. The van der Waals surface area contributed by atoms with Gasteiger partial charge in [0.25, 0.3) is 5.91 Å². The molecule has 2 aromatic carbocycles. The van der Waals surface area contributed by atoms with Gasteiger partial charge in [-0.25, -0.2) is 0 Å². The third kappa shape index (κ3) is 6.67. The molecular formula is C20H24ClNO3. The largest absolute Gasteiger partial charge is 0.494 e. The molecule has 2 rings (SSSR count). The summed E-state index contributed by atoms with van der Waals surface area (Å²) in [6.07, 6.45) is 0.356. The normalized spacial score (nSPS) is 11.9. The summed E-state index contributed by atoms with van der Waals surface area (Å²) in [6.45, 7) is 6.67. The summed E-state index contributed by atoms with van der Waals surface area (Å²) in [7, 11) is 0. The average molecular weight is 362 g/mol. The van der Waals surface area contributed by atoms with Gasteiger partial charge in [-0.05, 0) is 55.7 Å². The van der Waals surface area contributed by atoms with Crippen LogP contribution in [0.1, 0.15) is 27.2 Å². The number of carbonyl (C=O) groups excluding carboxylic acids is 1. The van der Waals surface area contributed by atoms with Gasteiger partial charge < -0.3 is 14.8 Å². The third-order valence-corrected chi connectivity index (χ3v) is 3.81. The molecule has 0 aliphatic carbocycles. The van der Waals surface area contributed by atoms with Crippen LogP contribution in [-0.4, -0.2) is 18.6 Å². The van der Waals surface area contributed by atoms with E-state index in [9.17, 15) is 4.79 Å². The maximum atomic E-state index is 12.3. The number of benzene rings is 2. The molecule has 1 atom stereocenters. The number of carbonyl (C=O) groups is 1. The van der Waals surface area contributed by atoms with Gasteiger partial charge in [-0.1, -0.05) is 31.5 Å². The molecule has 134 valence electrons. The monoisotopic (exact) mass is 361 g/mol. The Morgan fingerprint density at radius 2 is 1.80 bits per heavy atom. The van der Waals surface area contributed by atoms with Crippen molar-refractivity contribution in [1.29, 1.82) is 0 Å². The van der Waals surface area contributed by atoms with E-state index in [0.29, 0.717) is 29.0 Å². The van der Waals surface area contributed by atoms with E-state index in [1.54, 1.807) is 31.2 Å². The topological polar surface area (TPSA) is 47.6 Å². The number of hydrogen-bond donors (Lipinski definition) is 1. The molecule has 0 saturated heterocycles. The molecule has 1 amide bonds. The van der Waals surface area contributed by atoms with E-state index >= 15 is 0 Å². The van der Waals surface area contributed by atoms with Gasteiger partial charge >= 0.3 is 0 Å². The van der Waals surface area contributed by atoms with E-state index in [1.807, 2.05) is 24.3 Å². The van der Waals surface area contributed by atoms with Crippen LogP contribution in [0.15, 0.2) is 48.5 Å². The van der Waals surface area contributed by atoms with E-state index in [2.05, 4.69) is 19.2 Å². The van der Waals surface area contributed by atoms with Crippen molar-refractivity contribution in [2.75, 3.05) is 11.9 Å². The molecule has 0 saturated carbocycles. The predicted octanol–water partition coefficient (Wildman–Crippen LogP) is 5.17. The van der Waals surface area contributed by atoms with E-state index in [1.165, 1.54) is 0 Å². The Bertz CT molecular complexity index is 686. The molecule has 4 nitrogen and oxygen atoms in total. The molecular weight excluding hydrogens is 338 g/mol. The second-order valence-electron chi connectivity index (χ2n) is 6.26. The number of anilines is 1. The van der Waals surface area contributed by atoms with Crippen molar-refractivity contribution in [3.63, 3.8) is 0 Å². The Morgan fingerprint density at radius 1 is 1.08 bits per heavy atom. The molecule has 0 aliphatic rings. The fourth-order valence-corrected chi connectivity index (χ4v) is 2.22. The zero-order valence-corrected chi connectivity index (χ0v) is 15.5. The van der Waals surface area contributed by atoms with Crippen molar-refractivity contribution in [3.05, 3.63) is 53.6 Å². The minimum atomic E-state index is -0.633. The Hall–Kier alpha value is -2.20. The van der Waals surface area contributed by atoms with Gasteiger partial charge in [-0.3, -0.25) is 4.79 Å². The fourth-order valence-electron chi connectivity index (χ4n) is 2.09. The summed E-state index contributed by atoms with van der Waals surface area (Å²) < 4.78 is 11.3. The van der Waals surface area contributed by atoms with Gasteiger partial charge in [0, 0.05) is 16.8 Å². The van der Waals surface area contributed by atoms with E-state index < -0.39 is 6.10 Å². The highest BCUT2D eigenvalue weighted by Gasteiger charge is 2.15. The quantitative estimate of drug-likeness (QED) is 0.705. The van der Waals surface area contributed by atoms with Crippen LogP contribution in [-0.2, 0) is 4.79 Å². The Kier molecular flexibility index (Phi) is 7.14. The minimum absolute atomic E-state index is 0.228. The molecule has 0 heterocycles. The molecule has 0 bridgehead atoms. The van der Waals surface area contributed by atoms with Crippen LogP contribution in [0.3, 0.4) is 0 Å². The second kappa shape index (κ2) is 9.33. The Morgan fingerprint density at radius 3 is 2.48 bits per heavy atom. The van der Waals surface area contributed by atoms with Crippen LogP contribution < -0.4 is 14.8 Å². The highest BCUT2D eigenvalue weighted by molar-refractivity contribution is 6.30. The first kappa shape index (κ1) is 19.1. The highest BCUT2D eigenvalue weighted by Crippen LogP contribution is 2.20. The maximum absolute atomic E-state index is 12.3. The number of hydrogen-bond acceptors (Lipinski definition) is 3. The summed E-state index contributed by atoms with van der Waals surface area (Å²) in [6, 6.07) is 14.3. The molecule has 0 aliphatic heterocycles. The lowest BCUT2D eigenvalue weighted by Crippen LogP contribution is -2.30. The van der Waals surface area contributed by atoms with Crippen molar-refractivity contribution < 1.29 is 14.3 Å². The highest BCUT2D eigenvalue weighted by atomic mass is 35.5. The lowest BCUT2D eigenvalue weighted by molar-refractivity contribution is -0.122. The molecule has 2 aromatic rings. The Balaban J connectivity index is 1.89. The first-order valence-electron chi connectivity index (χ1n) is 8.40. The van der Waals surface area contributed by atoms with Crippen LogP contribution in [0.25, 0.3) is 0 Å². The number of amides is 1. The molecule has 0 fully saturated rings. The first-order valence-corrected chi connectivity index (χ1v) is 8.78. The summed E-state index contributed by atoms with van der Waals surface area (Å²) in [4.78, 5) is 12.3. The summed E-state index contributed by atoms with van der Waals surface area (Å²) in [5, 5.41) is 3.47. The van der Waals surface area contributed by atoms with E-state index in [4.69, 9.17) is 21.1 Å². The number of halogens is 1. The summed E-state index contributed by atoms with van der Waals surface area (Å²) in [5.41, 5.74) is 0.679. The van der Waals surface area contributed by atoms with Crippen molar-refractivity contribution in [1.82, 2.24) is 0 Å². The van der Waals surface area contributed by atoms with Gasteiger partial charge in [0.15, 0.2) is 6.10 Å². The van der Waals surface area contributed by atoms with Crippen molar-refractivity contribution in [2.45, 2.75) is 33.3 Å². The lowest BCUT2D eigenvalue weighted by Gasteiger charge is -2.15. The number of rotatable bonds is 8. The van der Waals surface area contributed by atoms with Gasteiger partial charge in [-0.15, -0.1) is 0 Å². The fraction of sp³-hybridized carbons (Fsp3) is 0.350. The van der Waals surface area contributed by atoms with Gasteiger partial charge in [-0.2, -0.15) is 0 Å². The number of ether oxygens (including phenoxy) is 2. The van der Waals surface area contributed by atoms with Gasteiger partial charge in [0.05, 0.1) is 6.61 Å². The first-order chi connectivity index (χ1) is 11.9. The lowest BCUT2D eigenvalue weighted by atomic mass is 10.1. The molecule has 0 radical (unpaired) electrons. The van der Waals surface area contributed by atoms with Crippen LogP contribution >= 0.6 is 11.6 Å². The van der Waals surface area contributed by atoms with Crippen LogP contribution in [0, 0.1) is 5.92 Å². The van der Waals surface area contributed by atoms with Crippen LogP contribution in [0.2, 0.25) is 5.02 Å². The Labute approximate surface area is 154 Å². The van der Waals surface area contributed by atoms with Crippen molar-refractivity contribution in [3.8, 4) is 11.5 Å². The smallest absolute Gasteiger partial charge is 0.265 e. The average Bonchev–Trinajstić information content (AvgIpc) is 2.57. The van der Waals surface area contributed by atoms with E-state index in [-0.39, 0.29) is 5.91 Å². The molecule has 0 spiro atoms. The summed E-state index contributed by atoms with van der Waals surface area (Å²) in [5.74, 6) is 1.70. The zero-order valence-electron chi connectivity index (χ0n) is 14.8. The minimum Gasteiger partial charge on any atom is -0.494 e. The number of nitrogens with one attached hydrogen (secondary N) is 1. The van der Waals surface area contributed by atoms with Crippen LogP contribution in [0.5, 0.6) is 11.5 Å². The summed E-state index contributed by atoms with van der Waals surface area (Å²) >= 11 is 5.84. The van der Waals surface area contributed by atoms with Crippen LogP contribution in [0.4, 0.5) is 5.69 Å². The van der Waals surface area contributed by atoms with Gasteiger partial charge in [0.2, 0.25) is 0 Å². The standard InChI is InChI=1S/C20H24ClNO3/c1-14(2)11-12-24-19-6-4-5-17(13-19)22-20(23)15(3)25-18-9-7-16(21)8-10-18/h4-10,13-15H,11-12H2,1-3H3,(H,22,23). The van der Waals surface area contributed by atoms with E-state index in [0.717, 1.165) is 12.2 Å². The zero-order chi connectivity index (χ0) is 18.2.